The summed E-state index contributed by atoms with van der Waals surface area (Å²) in [5.74, 6) is 1.81. The van der Waals surface area contributed by atoms with Gasteiger partial charge in [-0.05, 0) is 18.1 Å². The van der Waals surface area contributed by atoms with Gasteiger partial charge in [0.25, 0.3) is 0 Å². The van der Waals surface area contributed by atoms with Gasteiger partial charge in [-0.25, -0.2) is 0 Å². The van der Waals surface area contributed by atoms with E-state index in [2.05, 4.69) is 17.2 Å². The van der Waals surface area contributed by atoms with Crippen LogP contribution in [0.1, 0.15) is 18.8 Å². The lowest BCUT2D eigenvalue weighted by Gasteiger charge is -2.18. The number of benzene rings is 1. The number of aliphatic imine (C=N–C) groups is 1. The molecule has 1 aromatic carbocycles. The van der Waals surface area contributed by atoms with Crippen LogP contribution in [0.15, 0.2) is 29.3 Å². The van der Waals surface area contributed by atoms with Gasteiger partial charge in [0.05, 0.1) is 13.2 Å². The summed E-state index contributed by atoms with van der Waals surface area (Å²) in [6.45, 7) is 4.49. The van der Waals surface area contributed by atoms with Gasteiger partial charge >= 0.3 is 0 Å². The summed E-state index contributed by atoms with van der Waals surface area (Å²) in [4.78, 5) is 4.52. The van der Waals surface area contributed by atoms with Crippen molar-refractivity contribution >= 4 is 22.6 Å². The first-order chi connectivity index (χ1) is 9.31. The van der Waals surface area contributed by atoms with Crippen LogP contribution in [0.2, 0.25) is 0 Å². The Labute approximate surface area is 117 Å². The first-order valence-electron chi connectivity index (χ1n) is 6.59. The van der Waals surface area contributed by atoms with Crippen molar-refractivity contribution in [1.82, 2.24) is 0 Å². The molecule has 1 aromatic rings. The van der Waals surface area contributed by atoms with Crippen LogP contribution in [0, 0.1) is 5.92 Å². The fraction of sp³-hybridized carbons (Fsp3) is 0.500. The number of amidine groups is 1. The van der Waals surface area contributed by atoms with Gasteiger partial charge < -0.3 is 14.8 Å². The summed E-state index contributed by atoms with van der Waals surface area (Å²) in [5, 5.41) is 4.36. The van der Waals surface area contributed by atoms with E-state index in [9.17, 15) is 0 Å². The van der Waals surface area contributed by atoms with Crippen molar-refractivity contribution in [2.45, 2.75) is 13.2 Å². The average Bonchev–Trinajstić information content (AvgIpc) is 2.96. The lowest BCUT2D eigenvalue weighted by atomic mass is 10.2. The van der Waals surface area contributed by atoms with E-state index in [1.54, 1.807) is 11.8 Å². The molecule has 1 unspecified atom stereocenters. The second kappa shape index (κ2) is 5.94. The number of ether oxygens (including phenoxy) is 2. The maximum absolute atomic E-state index is 5.47. The number of hydrogen-bond acceptors (Lipinski definition) is 5. The van der Waals surface area contributed by atoms with E-state index in [0.29, 0.717) is 19.1 Å². The molecule has 1 fully saturated rings. The standard InChI is InChI=1S/C14H18N2O2S/c1-10-8-15-14(19-9-10)16-12-4-2-11(3-5-12)13-17-6-7-18-13/h2-5,10,13H,6-9H2,1H3,(H,15,16). The van der Waals surface area contributed by atoms with E-state index in [-0.39, 0.29) is 6.29 Å². The van der Waals surface area contributed by atoms with Gasteiger partial charge in [0, 0.05) is 23.5 Å². The molecule has 1 atom stereocenters. The third-order valence-corrected chi connectivity index (χ3v) is 4.35. The maximum atomic E-state index is 5.47. The Kier molecular flexibility index (Phi) is 4.06. The fourth-order valence-corrected chi connectivity index (χ4v) is 2.94. The van der Waals surface area contributed by atoms with Crippen molar-refractivity contribution in [2.24, 2.45) is 10.9 Å². The Morgan fingerprint density at radius 1 is 1.21 bits per heavy atom. The molecule has 1 saturated heterocycles. The van der Waals surface area contributed by atoms with E-state index >= 15 is 0 Å². The maximum Gasteiger partial charge on any atom is 0.184 e. The number of hydrogen-bond donors (Lipinski definition) is 1. The highest BCUT2D eigenvalue weighted by Crippen LogP contribution is 2.25. The van der Waals surface area contributed by atoms with Crippen LogP contribution < -0.4 is 5.32 Å². The molecule has 5 heteroatoms. The lowest BCUT2D eigenvalue weighted by molar-refractivity contribution is -0.0441. The van der Waals surface area contributed by atoms with E-state index < -0.39 is 0 Å². The normalized spacial score (nSPS) is 24.3. The predicted octanol–water partition coefficient (Wildman–Crippen LogP) is 2.88. The second-order valence-corrected chi connectivity index (χ2v) is 5.89. The van der Waals surface area contributed by atoms with Crippen LogP contribution in [-0.4, -0.2) is 30.7 Å². The molecule has 3 rings (SSSR count). The first kappa shape index (κ1) is 13.0. The summed E-state index contributed by atoms with van der Waals surface area (Å²) in [7, 11) is 0. The molecular formula is C14H18N2O2S. The molecule has 0 aromatic heterocycles. The molecule has 0 aliphatic carbocycles. The van der Waals surface area contributed by atoms with Gasteiger partial charge in [-0.1, -0.05) is 30.8 Å². The van der Waals surface area contributed by atoms with Crippen LogP contribution in [0.5, 0.6) is 0 Å². The van der Waals surface area contributed by atoms with Crippen LogP contribution in [0.25, 0.3) is 0 Å². The largest absolute Gasteiger partial charge is 0.346 e. The summed E-state index contributed by atoms with van der Waals surface area (Å²) in [6.07, 6.45) is -0.198. The van der Waals surface area contributed by atoms with Crippen LogP contribution in [0.4, 0.5) is 5.69 Å². The highest BCUT2D eigenvalue weighted by atomic mass is 32.2. The van der Waals surface area contributed by atoms with Crippen molar-refractivity contribution in [3.05, 3.63) is 29.8 Å². The van der Waals surface area contributed by atoms with Gasteiger partial charge in [-0.2, -0.15) is 0 Å². The molecule has 0 saturated carbocycles. The molecule has 2 aliphatic heterocycles. The number of nitrogens with zero attached hydrogens (tertiary/aromatic N) is 1. The smallest absolute Gasteiger partial charge is 0.184 e. The summed E-state index contributed by atoms with van der Waals surface area (Å²) >= 11 is 1.79. The summed E-state index contributed by atoms with van der Waals surface area (Å²) < 4.78 is 10.9. The zero-order valence-electron chi connectivity index (χ0n) is 11.0. The second-order valence-electron chi connectivity index (χ2n) is 4.88. The molecule has 19 heavy (non-hydrogen) atoms. The van der Waals surface area contributed by atoms with Crippen LogP contribution >= 0.6 is 11.8 Å². The SMILES string of the molecule is CC1CN=C(Nc2ccc(C3OCCO3)cc2)SC1. The number of thioether (sulfide) groups is 1. The molecule has 1 N–H and O–H groups in total. The van der Waals surface area contributed by atoms with Gasteiger partial charge in [0.2, 0.25) is 0 Å². The topological polar surface area (TPSA) is 42.9 Å². The molecule has 0 bridgehead atoms. The van der Waals surface area contributed by atoms with Crippen molar-refractivity contribution in [3.8, 4) is 0 Å². The molecule has 0 spiro atoms. The van der Waals surface area contributed by atoms with E-state index in [1.807, 2.05) is 24.3 Å². The molecule has 2 aliphatic rings. The predicted molar refractivity (Wildman–Crippen MR) is 78.6 cm³/mol. The quantitative estimate of drug-likeness (QED) is 0.903. The highest BCUT2D eigenvalue weighted by Gasteiger charge is 2.18. The van der Waals surface area contributed by atoms with Gasteiger partial charge in [-0.3, -0.25) is 4.99 Å². The minimum atomic E-state index is -0.198. The summed E-state index contributed by atoms with van der Waals surface area (Å²) in [5.41, 5.74) is 2.12. The third kappa shape index (κ3) is 3.29. The van der Waals surface area contributed by atoms with Crippen LogP contribution in [0.3, 0.4) is 0 Å². The van der Waals surface area contributed by atoms with Crippen molar-refractivity contribution < 1.29 is 9.47 Å². The molecular weight excluding hydrogens is 260 g/mol. The van der Waals surface area contributed by atoms with E-state index in [0.717, 1.165) is 28.7 Å². The molecule has 102 valence electrons. The zero-order chi connectivity index (χ0) is 13.1. The molecule has 0 radical (unpaired) electrons. The van der Waals surface area contributed by atoms with Crippen molar-refractivity contribution in [3.63, 3.8) is 0 Å². The Hall–Kier alpha value is -1.04. The monoisotopic (exact) mass is 278 g/mol. The van der Waals surface area contributed by atoms with Gasteiger partial charge in [-0.15, -0.1) is 0 Å². The highest BCUT2D eigenvalue weighted by molar-refractivity contribution is 8.14. The lowest BCUT2D eigenvalue weighted by Crippen LogP contribution is -2.18. The minimum Gasteiger partial charge on any atom is -0.346 e. The van der Waals surface area contributed by atoms with Crippen LogP contribution in [-0.2, 0) is 9.47 Å². The third-order valence-electron chi connectivity index (χ3n) is 3.11. The molecule has 0 amide bonds. The Bertz CT molecular complexity index is 455. The number of nitrogens with one attached hydrogen (secondary N) is 1. The van der Waals surface area contributed by atoms with E-state index in [1.165, 1.54) is 0 Å². The first-order valence-corrected chi connectivity index (χ1v) is 7.57. The van der Waals surface area contributed by atoms with Crippen molar-refractivity contribution in [1.29, 1.82) is 0 Å². The number of anilines is 1. The van der Waals surface area contributed by atoms with Crippen molar-refractivity contribution in [2.75, 3.05) is 30.8 Å². The Morgan fingerprint density at radius 2 is 1.95 bits per heavy atom. The molecule has 4 nitrogen and oxygen atoms in total. The number of rotatable bonds is 2. The Balaban J connectivity index is 1.62. The minimum absolute atomic E-state index is 0.198. The van der Waals surface area contributed by atoms with Gasteiger partial charge in [0.15, 0.2) is 11.5 Å². The molecule has 2 heterocycles. The average molecular weight is 278 g/mol. The zero-order valence-corrected chi connectivity index (χ0v) is 11.8. The van der Waals surface area contributed by atoms with Gasteiger partial charge in [0.1, 0.15) is 0 Å². The fourth-order valence-electron chi connectivity index (χ4n) is 2.03. The van der Waals surface area contributed by atoms with E-state index in [4.69, 9.17) is 9.47 Å². The Morgan fingerprint density at radius 3 is 2.58 bits per heavy atom. The summed E-state index contributed by atoms with van der Waals surface area (Å²) in [6, 6.07) is 8.16.